The molecule has 1 amide bonds. The summed E-state index contributed by atoms with van der Waals surface area (Å²) in [7, 11) is 1.76. The van der Waals surface area contributed by atoms with Gasteiger partial charge in [0.2, 0.25) is 11.8 Å². The number of para-hydroxylation sites is 1. The van der Waals surface area contributed by atoms with Crippen LogP contribution in [0.1, 0.15) is 57.6 Å². The molecule has 1 saturated carbocycles. The quantitative estimate of drug-likeness (QED) is 0.160. The molecule has 3 aromatic carbocycles. The topological polar surface area (TPSA) is 97.0 Å². The lowest BCUT2D eigenvalue weighted by Gasteiger charge is -2.51. The minimum atomic E-state index is -0.505. The molecular weight excluding hydrogens is 632 g/mol. The van der Waals surface area contributed by atoms with Gasteiger partial charge in [-0.2, -0.15) is 4.98 Å². The van der Waals surface area contributed by atoms with Crippen molar-refractivity contribution in [3.63, 3.8) is 0 Å². The fraction of sp³-hybridized carbons (Fsp3) is 0.375. The van der Waals surface area contributed by atoms with Gasteiger partial charge < -0.3 is 23.8 Å². The summed E-state index contributed by atoms with van der Waals surface area (Å²) in [6, 6.07) is 29.1. The van der Waals surface area contributed by atoms with E-state index in [-0.39, 0.29) is 29.9 Å². The Morgan fingerprint density at radius 3 is 2.12 bits per heavy atom. The van der Waals surface area contributed by atoms with Gasteiger partial charge in [0.05, 0.1) is 11.6 Å². The van der Waals surface area contributed by atoms with Crippen LogP contribution in [0.25, 0.3) is 16.7 Å². The first kappa shape index (κ1) is 33.3. The van der Waals surface area contributed by atoms with Crippen LogP contribution in [0.15, 0.2) is 95.8 Å². The molecule has 1 aliphatic heterocycles. The summed E-state index contributed by atoms with van der Waals surface area (Å²) < 4.78 is 27.8. The van der Waals surface area contributed by atoms with Crippen molar-refractivity contribution in [2.75, 3.05) is 13.1 Å². The van der Waals surface area contributed by atoms with Gasteiger partial charge in [0.15, 0.2) is 0 Å². The third-order valence-corrected chi connectivity index (χ3v) is 9.63. The number of aryl methyl sites for hydroxylation is 1. The lowest BCUT2D eigenvalue weighted by molar-refractivity contribution is -0.0579. The number of fused-ring (bicyclic) bond motifs is 1. The molecule has 2 fully saturated rings. The molecule has 0 radical (unpaired) electrons. The number of pyridine rings is 1. The molecule has 50 heavy (non-hydrogen) atoms. The number of hydrogen-bond acceptors (Lipinski definition) is 7. The Hall–Kier alpha value is -5.25. The maximum atomic E-state index is 14.0. The third-order valence-electron chi connectivity index (χ3n) is 9.63. The van der Waals surface area contributed by atoms with Crippen LogP contribution in [0.4, 0.5) is 4.79 Å². The lowest BCUT2D eigenvalue weighted by atomic mass is 9.61. The van der Waals surface area contributed by atoms with E-state index in [1.165, 1.54) is 0 Å². The van der Waals surface area contributed by atoms with Crippen molar-refractivity contribution in [1.82, 2.24) is 19.0 Å². The van der Waals surface area contributed by atoms with Crippen molar-refractivity contribution in [3.05, 3.63) is 113 Å². The highest BCUT2D eigenvalue weighted by Gasteiger charge is 2.48. The van der Waals surface area contributed by atoms with E-state index in [4.69, 9.17) is 23.9 Å². The number of likely N-dealkylation sites (tertiary alicyclic amines) is 1. The van der Waals surface area contributed by atoms with E-state index in [1.54, 1.807) is 22.2 Å². The predicted octanol–water partition coefficient (Wildman–Crippen LogP) is 7.44. The van der Waals surface area contributed by atoms with Gasteiger partial charge in [0.25, 0.3) is 0 Å². The van der Waals surface area contributed by atoms with E-state index in [2.05, 4.69) is 0 Å². The van der Waals surface area contributed by atoms with Crippen LogP contribution in [0.5, 0.6) is 17.5 Å². The number of amides is 1. The van der Waals surface area contributed by atoms with Crippen LogP contribution in [0.3, 0.4) is 0 Å². The van der Waals surface area contributed by atoms with Crippen LogP contribution in [0.2, 0.25) is 0 Å². The number of benzene rings is 3. The third kappa shape index (κ3) is 7.06. The molecule has 1 saturated heterocycles. The van der Waals surface area contributed by atoms with Crippen molar-refractivity contribution in [3.8, 4) is 23.2 Å². The second-order valence-corrected chi connectivity index (χ2v) is 14.4. The van der Waals surface area contributed by atoms with Gasteiger partial charge in [0.1, 0.15) is 35.8 Å². The second kappa shape index (κ2) is 13.6. The van der Waals surface area contributed by atoms with Gasteiger partial charge in [-0.25, -0.2) is 9.59 Å². The number of imidazole rings is 1. The highest BCUT2D eigenvalue weighted by Crippen LogP contribution is 2.51. The van der Waals surface area contributed by atoms with Crippen molar-refractivity contribution < 1.29 is 23.7 Å². The van der Waals surface area contributed by atoms with Gasteiger partial charge in [-0.3, -0.25) is 9.13 Å². The van der Waals surface area contributed by atoms with Gasteiger partial charge >= 0.3 is 11.8 Å². The highest BCUT2D eigenvalue weighted by molar-refractivity contribution is 5.84. The van der Waals surface area contributed by atoms with Gasteiger partial charge in [-0.05, 0) is 81.2 Å². The first-order chi connectivity index (χ1) is 24.1. The molecule has 2 aliphatic rings. The maximum Gasteiger partial charge on any atom is 0.410 e. The fourth-order valence-corrected chi connectivity index (χ4v) is 7.00. The number of carbonyl (C=O) groups is 1. The molecule has 0 atom stereocenters. The minimum Gasteiger partial charge on any atom is -0.488 e. The van der Waals surface area contributed by atoms with Crippen LogP contribution in [-0.2, 0) is 25.0 Å². The minimum absolute atomic E-state index is 0.0274. The van der Waals surface area contributed by atoms with Crippen molar-refractivity contribution >= 4 is 17.1 Å². The Labute approximate surface area is 292 Å². The molecule has 10 nitrogen and oxygen atoms in total. The largest absolute Gasteiger partial charge is 0.488 e. The number of nitrogens with zero attached hydrogens (tertiary/aromatic N) is 4. The smallest absolute Gasteiger partial charge is 0.410 e. The van der Waals surface area contributed by atoms with E-state index in [9.17, 15) is 9.59 Å². The zero-order valence-corrected chi connectivity index (χ0v) is 29.1. The predicted molar refractivity (Wildman–Crippen MR) is 191 cm³/mol. The zero-order chi connectivity index (χ0) is 34.9. The number of hydrogen-bond donors (Lipinski definition) is 0. The molecule has 0 unspecified atom stereocenters. The summed E-state index contributed by atoms with van der Waals surface area (Å²) in [4.78, 5) is 33.1. The molecule has 0 N–H and O–H groups in total. The normalized spacial score (nSPS) is 15.9. The molecule has 2 aromatic heterocycles. The van der Waals surface area contributed by atoms with Gasteiger partial charge in [-0.15, -0.1) is 0 Å². The highest BCUT2D eigenvalue weighted by atomic mass is 16.6. The summed E-state index contributed by atoms with van der Waals surface area (Å²) in [6.45, 7) is 7.68. The zero-order valence-electron chi connectivity index (χ0n) is 29.1. The molecule has 260 valence electrons. The second-order valence-electron chi connectivity index (χ2n) is 14.4. The molecule has 5 aromatic rings. The number of carbonyl (C=O) groups excluding carboxylic acids is 1. The lowest BCUT2D eigenvalue weighted by Crippen LogP contribution is -2.52. The SMILES string of the molecule is Cn1c(=O)n(-c2ccc(OCc3ccccc3)nc2OCc2ccccc2)c2cccc(OC3CC4(CCN(C(=O)OC(C)(C)C)CC4)C3)c21. The standard InChI is InChI=1S/C40H44N4O6/c1-39(2,3)50-38(46)43-22-20-40(21-23-43)24-30(25-40)49-33-17-11-16-31-35(33)42(4)37(45)44(31)32-18-19-34(47-26-28-12-7-5-8-13-28)41-36(32)48-27-29-14-9-6-10-15-29/h5-19,30H,20-27H2,1-4H3. The molecular formula is C40H44N4O6. The number of piperidine rings is 1. The van der Waals surface area contributed by atoms with Gasteiger partial charge in [-0.1, -0.05) is 66.7 Å². The Morgan fingerprint density at radius 1 is 0.840 bits per heavy atom. The van der Waals surface area contributed by atoms with Crippen LogP contribution >= 0.6 is 0 Å². The van der Waals surface area contributed by atoms with Crippen LogP contribution in [-0.4, -0.2) is 49.9 Å². The van der Waals surface area contributed by atoms with E-state index in [1.807, 2.05) is 111 Å². The Morgan fingerprint density at radius 2 is 1.48 bits per heavy atom. The number of rotatable bonds is 9. The Kier molecular flexibility index (Phi) is 9.03. The molecule has 1 spiro atoms. The Balaban J connectivity index is 1.11. The molecule has 0 bridgehead atoms. The number of aromatic nitrogens is 3. The summed E-state index contributed by atoms with van der Waals surface area (Å²) in [5, 5.41) is 0. The molecule has 7 rings (SSSR count). The summed E-state index contributed by atoms with van der Waals surface area (Å²) >= 11 is 0. The first-order valence-electron chi connectivity index (χ1n) is 17.3. The first-order valence-corrected chi connectivity index (χ1v) is 17.3. The van der Waals surface area contributed by atoms with E-state index < -0.39 is 5.60 Å². The van der Waals surface area contributed by atoms with Crippen LogP contribution in [0, 0.1) is 5.41 Å². The summed E-state index contributed by atoms with van der Waals surface area (Å²) in [5.74, 6) is 1.35. The summed E-state index contributed by atoms with van der Waals surface area (Å²) in [5.41, 5.74) is 3.33. The average molecular weight is 677 g/mol. The molecule has 3 heterocycles. The van der Waals surface area contributed by atoms with Gasteiger partial charge in [0, 0.05) is 26.2 Å². The monoisotopic (exact) mass is 676 g/mol. The van der Waals surface area contributed by atoms with E-state index in [0.29, 0.717) is 53.9 Å². The number of ether oxygens (including phenoxy) is 4. The van der Waals surface area contributed by atoms with Crippen molar-refractivity contribution in [1.29, 1.82) is 0 Å². The average Bonchev–Trinajstić information content (AvgIpc) is 3.35. The Bertz CT molecular complexity index is 2020. The molecule has 10 heteroatoms. The fourth-order valence-electron chi connectivity index (χ4n) is 7.00. The van der Waals surface area contributed by atoms with E-state index >= 15 is 0 Å². The maximum absolute atomic E-state index is 14.0. The van der Waals surface area contributed by atoms with Crippen molar-refractivity contribution in [2.24, 2.45) is 12.5 Å². The van der Waals surface area contributed by atoms with Crippen molar-refractivity contribution in [2.45, 2.75) is 71.4 Å². The molecule has 1 aliphatic carbocycles. The van der Waals surface area contributed by atoms with E-state index in [0.717, 1.165) is 36.8 Å². The van der Waals surface area contributed by atoms with Crippen LogP contribution < -0.4 is 19.9 Å². The summed E-state index contributed by atoms with van der Waals surface area (Å²) in [6.07, 6.45) is 3.46.